The summed E-state index contributed by atoms with van der Waals surface area (Å²) in [6, 6.07) is 13.2. The Kier molecular flexibility index (Phi) is 5.12. The topological polar surface area (TPSA) is 100 Å². The van der Waals surface area contributed by atoms with E-state index in [-0.39, 0.29) is 31.3 Å². The zero-order valence-electron chi connectivity index (χ0n) is 18.7. The molecular weight excluding hydrogens is 420 g/mol. The molecule has 0 atom stereocenters. The lowest BCUT2D eigenvalue weighted by Gasteiger charge is -2.22. The number of nitrogens with one attached hydrogen (secondary N) is 2. The van der Waals surface area contributed by atoms with E-state index in [1.54, 1.807) is 11.0 Å². The van der Waals surface area contributed by atoms with Crippen molar-refractivity contribution in [2.75, 3.05) is 6.79 Å². The van der Waals surface area contributed by atoms with Crippen LogP contribution in [-0.4, -0.2) is 32.8 Å². The molecule has 8 heteroatoms. The van der Waals surface area contributed by atoms with E-state index in [4.69, 9.17) is 9.47 Å². The third kappa shape index (κ3) is 4.07. The number of rotatable bonds is 5. The van der Waals surface area contributed by atoms with Gasteiger partial charge in [-0.3, -0.25) is 14.7 Å². The van der Waals surface area contributed by atoms with Gasteiger partial charge < -0.3 is 19.4 Å². The summed E-state index contributed by atoms with van der Waals surface area (Å²) in [6.07, 6.45) is 0. The molecule has 5 rings (SSSR count). The fraction of sp³-hybridized carbons (Fsp3) is 0.240. The molecule has 1 amide bonds. The van der Waals surface area contributed by atoms with E-state index in [0.717, 1.165) is 33.3 Å². The number of hydrogen-bond acceptors (Lipinski definition) is 5. The molecule has 0 radical (unpaired) electrons. The molecule has 2 aromatic carbocycles. The Morgan fingerprint density at radius 1 is 1.03 bits per heavy atom. The second-order valence-electron chi connectivity index (χ2n) is 8.45. The summed E-state index contributed by atoms with van der Waals surface area (Å²) in [7, 11) is 0. The van der Waals surface area contributed by atoms with E-state index in [2.05, 4.69) is 15.2 Å². The molecule has 0 fully saturated rings. The van der Waals surface area contributed by atoms with E-state index >= 15 is 0 Å². The molecule has 0 bridgehead atoms. The number of aryl methyl sites for hydroxylation is 3. The van der Waals surface area contributed by atoms with Gasteiger partial charge in [-0.05, 0) is 67.6 Å². The zero-order chi connectivity index (χ0) is 23.1. The Hall–Kier alpha value is -4.07. The summed E-state index contributed by atoms with van der Waals surface area (Å²) in [5.41, 5.74) is 5.18. The molecule has 2 aromatic heterocycles. The molecule has 1 aliphatic heterocycles. The van der Waals surface area contributed by atoms with Crippen LogP contribution in [0.25, 0.3) is 10.9 Å². The average Bonchev–Trinajstić information content (AvgIpc) is 3.42. The quantitative estimate of drug-likeness (QED) is 0.488. The first-order chi connectivity index (χ1) is 15.9. The number of carbonyl (C=O) groups is 1. The second-order valence-corrected chi connectivity index (χ2v) is 8.45. The zero-order valence-corrected chi connectivity index (χ0v) is 18.7. The van der Waals surface area contributed by atoms with Gasteiger partial charge in [0.25, 0.3) is 11.5 Å². The largest absolute Gasteiger partial charge is 0.454 e. The Morgan fingerprint density at radius 3 is 2.64 bits per heavy atom. The van der Waals surface area contributed by atoms with Crippen molar-refractivity contribution in [3.63, 3.8) is 0 Å². The van der Waals surface area contributed by atoms with Crippen LogP contribution in [0.3, 0.4) is 0 Å². The standard InChI is InChI=1S/C25H24N4O4/c1-14-6-15(2)23-18(7-14)10-19(24(30)26-23)12-29(25(31)20-8-16(3)27-28-20)11-17-4-5-21-22(9-17)33-13-32-21/h4-10H,11-13H2,1-3H3,(H,26,30)(H,27,28). The fourth-order valence-corrected chi connectivity index (χ4v) is 4.20. The lowest BCUT2D eigenvalue weighted by molar-refractivity contribution is 0.0723. The Morgan fingerprint density at radius 2 is 1.85 bits per heavy atom. The number of ether oxygens (including phenoxy) is 2. The van der Waals surface area contributed by atoms with Crippen molar-refractivity contribution in [3.05, 3.63) is 86.5 Å². The molecule has 0 saturated heterocycles. The molecule has 0 spiro atoms. The lowest BCUT2D eigenvalue weighted by atomic mass is 10.0. The third-order valence-electron chi connectivity index (χ3n) is 5.75. The van der Waals surface area contributed by atoms with Gasteiger partial charge in [0.15, 0.2) is 11.5 Å². The summed E-state index contributed by atoms with van der Waals surface area (Å²) < 4.78 is 10.9. The predicted molar refractivity (Wildman–Crippen MR) is 124 cm³/mol. The van der Waals surface area contributed by atoms with E-state index in [9.17, 15) is 9.59 Å². The van der Waals surface area contributed by atoms with Crippen molar-refractivity contribution in [1.82, 2.24) is 20.1 Å². The van der Waals surface area contributed by atoms with Crippen molar-refractivity contribution in [2.45, 2.75) is 33.9 Å². The first-order valence-corrected chi connectivity index (χ1v) is 10.7. The smallest absolute Gasteiger partial charge is 0.274 e. The Labute approximate surface area is 190 Å². The fourth-order valence-electron chi connectivity index (χ4n) is 4.20. The van der Waals surface area contributed by atoms with E-state index in [1.807, 2.05) is 57.2 Å². The molecule has 1 aliphatic rings. The van der Waals surface area contributed by atoms with Gasteiger partial charge in [-0.2, -0.15) is 5.10 Å². The van der Waals surface area contributed by atoms with Crippen LogP contribution in [0, 0.1) is 20.8 Å². The van der Waals surface area contributed by atoms with Crippen LogP contribution < -0.4 is 15.0 Å². The van der Waals surface area contributed by atoms with E-state index in [0.29, 0.717) is 22.8 Å². The number of H-pyrrole nitrogens is 2. The van der Waals surface area contributed by atoms with Crippen LogP contribution in [0.2, 0.25) is 0 Å². The summed E-state index contributed by atoms with van der Waals surface area (Å²) in [5.74, 6) is 1.05. The maximum Gasteiger partial charge on any atom is 0.274 e. The molecule has 0 unspecified atom stereocenters. The van der Waals surface area contributed by atoms with Crippen LogP contribution in [0.15, 0.2) is 47.3 Å². The Bertz CT molecular complexity index is 1440. The number of amides is 1. The van der Waals surface area contributed by atoms with Gasteiger partial charge in [-0.1, -0.05) is 17.7 Å². The number of hydrogen-bond donors (Lipinski definition) is 2. The van der Waals surface area contributed by atoms with Gasteiger partial charge in [-0.15, -0.1) is 0 Å². The number of carbonyl (C=O) groups excluding carboxylic acids is 1. The molecule has 33 heavy (non-hydrogen) atoms. The maximum atomic E-state index is 13.4. The highest BCUT2D eigenvalue weighted by molar-refractivity contribution is 5.92. The first kappa shape index (κ1) is 20.8. The lowest BCUT2D eigenvalue weighted by Crippen LogP contribution is -2.32. The van der Waals surface area contributed by atoms with Crippen LogP contribution in [0.4, 0.5) is 0 Å². The van der Waals surface area contributed by atoms with Crippen molar-refractivity contribution in [2.24, 2.45) is 0 Å². The summed E-state index contributed by atoms with van der Waals surface area (Å²) in [6.45, 7) is 6.43. The monoisotopic (exact) mass is 444 g/mol. The molecule has 4 aromatic rings. The Balaban J connectivity index is 1.52. The van der Waals surface area contributed by atoms with Gasteiger partial charge >= 0.3 is 0 Å². The van der Waals surface area contributed by atoms with Crippen molar-refractivity contribution >= 4 is 16.8 Å². The molecule has 3 heterocycles. The number of pyridine rings is 1. The number of benzene rings is 2. The third-order valence-corrected chi connectivity index (χ3v) is 5.75. The van der Waals surface area contributed by atoms with Gasteiger partial charge in [0, 0.05) is 17.8 Å². The highest BCUT2D eigenvalue weighted by Crippen LogP contribution is 2.33. The van der Waals surface area contributed by atoms with Gasteiger partial charge in [0.2, 0.25) is 6.79 Å². The number of aromatic amines is 2. The number of fused-ring (bicyclic) bond motifs is 2. The summed E-state index contributed by atoms with van der Waals surface area (Å²) in [4.78, 5) is 30.9. The predicted octanol–water partition coefficient (Wildman–Crippen LogP) is 3.75. The minimum absolute atomic E-state index is 0.136. The van der Waals surface area contributed by atoms with E-state index < -0.39 is 0 Å². The highest BCUT2D eigenvalue weighted by Gasteiger charge is 2.22. The van der Waals surface area contributed by atoms with Crippen LogP contribution in [0.5, 0.6) is 11.5 Å². The first-order valence-electron chi connectivity index (χ1n) is 10.7. The van der Waals surface area contributed by atoms with Crippen molar-refractivity contribution < 1.29 is 14.3 Å². The molecule has 2 N–H and O–H groups in total. The second kappa shape index (κ2) is 8.12. The number of nitrogens with zero attached hydrogens (tertiary/aromatic N) is 2. The van der Waals surface area contributed by atoms with Gasteiger partial charge in [0.05, 0.1) is 12.1 Å². The number of aromatic nitrogens is 3. The van der Waals surface area contributed by atoms with Crippen molar-refractivity contribution in [3.8, 4) is 11.5 Å². The van der Waals surface area contributed by atoms with E-state index in [1.165, 1.54) is 0 Å². The highest BCUT2D eigenvalue weighted by atomic mass is 16.7. The minimum Gasteiger partial charge on any atom is -0.454 e. The van der Waals surface area contributed by atoms with Crippen molar-refractivity contribution in [1.29, 1.82) is 0 Å². The minimum atomic E-state index is -0.267. The molecule has 8 nitrogen and oxygen atoms in total. The maximum absolute atomic E-state index is 13.4. The van der Waals surface area contributed by atoms with Gasteiger partial charge in [-0.25, -0.2) is 0 Å². The molecule has 168 valence electrons. The molecule has 0 aliphatic carbocycles. The summed E-state index contributed by atoms with van der Waals surface area (Å²) in [5, 5.41) is 7.88. The molecule has 0 saturated carbocycles. The normalized spacial score (nSPS) is 12.3. The average molecular weight is 444 g/mol. The molecular formula is C25H24N4O4. The SMILES string of the molecule is Cc1cc(C)c2[nH]c(=O)c(CN(Cc3ccc4c(c3)OCO4)C(=O)c3cc(C)[nH]n3)cc2c1. The summed E-state index contributed by atoms with van der Waals surface area (Å²) >= 11 is 0. The van der Waals surface area contributed by atoms with Crippen LogP contribution in [-0.2, 0) is 13.1 Å². The van der Waals surface area contributed by atoms with Gasteiger partial charge in [0.1, 0.15) is 5.69 Å². The van der Waals surface area contributed by atoms with Crippen LogP contribution in [0.1, 0.15) is 38.4 Å². The van der Waals surface area contributed by atoms with Crippen LogP contribution >= 0.6 is 0 Å².